The molecule has 3 rings (SSSR count). The van der Waals surface area contributed by atoms with E-state index in [1.54, 1.807) is 0 Å². The molecule has 0 bridgehead atoms. The van der Waals surface area contributed by atoms with Crippen molar-refractivity contribution >= 4 is 5.97 Å². The van der Waals surface area contributed by atoms with E-state index in [9.17, 15) is 4.79 Å². The lowest BCUT2D eigenvalue weighted by Gasteiger charge is -2.15. The Hall–Kier alpha value is -2.94. The van der Waals surface area contributed by atoms with Gasteiger partial charge in [0.05, 0.1) is 17.9 Å². The summed E-state index contributed by atoms with van der Waals surface area (Å²) < 4.78 is 5.31. The van der Waals surface area contributed by atoms with Gasteiger partial charge in [-0.15, -0.1) is 0 Å². The predicted octanol–water partition coefficient (Wildman–Crippen LogP) is 4.90. The third-order valence-corrected chi connectivity index (χ3v) is 3.76. The summed E-state index contributed by atoms with van der Waals surface area (Å²) in [5.41, 5.74) is 4.76. The largest absolute Gasteiger partial charge is 0.462 e. The summed E-state index contributed by atoms with van der Waals surface area (Å²) in [6, 6.07) is 21.5. The first kappa shape index (κ1) is 15.9. The quantitative estimate of drug-likeness (QED) is 0.642. The van der Waals surface area contributed by atoms with Gasteiger partial charge in [0.2, 0.25) is 0 Å². The third-order valence-electron chi connectivity index (χ3n) is 3.76. The van der Waals surface area contributed by atoms with Crippen LogP contribution in [0.15, 0.2) is 66.7 Å². The lowest BCUT2D eigenvalue weighted by molar-refractivity contribution is 0.0528. The van der Waals surface area contributed by atoms with Crippen LogP contribution >= 0.6 is 0 Å². The summed E-state index contributed by atoms with van der Waals surface area (Å²) in [7, 11) is 0. The Bertz CT molecular complexity index is 782. The van der Waals surface area contributed by atoms with E-state index in [-0.39, 0.29) is 5.97 Å². The van der Waals surface area contributed by atoms with Crippen molar-refractivity contribution in [2.45, 2.75) is 13.8 Å². The normalized spacial score (nSPS) is 10.4. The molecule has 0 unspecified atom stereocenters. The second-order valence-electron chi connectivity index (χ2n) is 5.49. The van der Waals surface area contributed by atoms with Crippen LogP contribution in [0.4, 0.5) is 0 Å². The number of hydrogen-bond donors (Lipinski definition) is 0. The Morgan fingerprint density at radius 1 is 0.958 bits per heavy atom. The molecule has 0 fully saturated rings. The summed E-state index contributed by atoms with van der Waals surface area (Å²) in [5.74, 6) is -0.345. The van der Waals surface area contributed by atoms with E-state index in [2.05, 4.69) is 4.98 Å². The highest BCUT2D eigenvalue weighted by Crippen LogP contribution is 2.32. The van der Waals surface area contributed by atoms with Crippen LogP contribution in [0.2, 0.25) is 0 Å². The molecule has 3 aromatic rings. The van der Waals surface area contributed by atoms with E-state index in [0.717, 1.165) is 22.4 Å². The van der Waals surface area contributed by atoms with Crippen molar-refractivity contribution < 1.29 is 9.53 Å². The van der Waals surface area contributed by atoms with Crippen LogP contribution in [0.5, 0.6) is 0 Å². The zero-order valence-corrected chi connectivity index (χ0v) is 13.8. The zero-order valence-electron chi connectivity index (χ0n) is 13.8. The zero-order chi connectivity index (χ0) is 16.9. The molecule has 0 radical (unpaired) electrons. The van der Waals surface area contributed by atoms with E-state index in [1.807, 2.05) is 80.6 Å². The Morgan fingerprint density at radius 3 is 2.12 bits per heavy atom. The molecule has 0 saturated heterocycles. The van der Waals surface area contributed by atoms with Gasteiger partial charge >= 0.3 is 5.97 Å². The lowest BCUT2D eigenvalue weighted by Crippen LogP contribution is -2.10. The van der Waals surface area contributed by atoms with E-state index in [1.165, 1.54) is 0 Å². The van der Waals surface area contributed by atoms with Gasteiger partial charge in [0.25, 0.3) is 0 Å². The smallest absolute Gasteiger partial charge is 0.340 e. The molecule has 0 spiro atoms. The fraction of sp³-hybridized carbons (Fsp3) is 0.143. The van der Waals surface area contributed by atoms with Gasteiger partial charge < -0.3 is 4.74 Å². The van der Waals surface area contributed by atoms with Crippen LogP contribution in [0.3, 0.4) is 0 Å². The number of ether oxygens (including phenoxy) is 1. The van der Waals surface area contributed by atoms with Crippen LogP contribution in [0, 0.1) is 6.92 Å². The Kier molecular flexibility index (Phi) is 4.71. The minimum Gasteiger partial charge on any atom is -0.462 e. The van der Waals surface area contributed by atoms with Gasteiger partial charge in [-0.25, -0.2) is 4.79 Å². The van der Waals surface area contributed by atoms with Gasteiger partial charge in [-0.2, -0.15) is 0 Å². The Balaban J connectivity index is 2.29. The van der Waals surface area contributed by atoms with Gasteiger partial charge in [-0.05, 0) is 25.5 Å². The molecular weight excluding hydrogens is 298 g/mol. The highest BCUT2D eigenvalue weighted by Gasteiger charge is 2.21. The van der Waals surface area contributed by atoms with Crippen molar-refractivity contribution in [3.8, 4) is 22.4 Å². The molecule has 1 aromatic heterocycles. The van der Waals surface area contributed by atoms with Crippen molar-refractivity contribution in [1.82, 2.24) is 4.98 Å². The van der Waals surface area contributed by atoms with Crippen molar-refractivity contribution in [1.29, 1.82) is 0 Å². The number of hydrogen-bond acceptors (Lipinski definition) is 3. The highest BCUT2D eigenvalue weighted by molar-refractivity contribution is 6.03. The number of aromatic nitrogens is 1. The van der Waals surface area contributed by atoms with Crippen molar-refractivity contribution in [3.63, 3.8) is 0 Å². The first-order valence-corrected chi connectivity index (χ1v) is 8.00. The van der Waals surface area contributed by atoms with Crippen LogP contribution in [-0.4, -0.2) is 17.6 Å². The second kappa shape index (κ2) is 7.09. The maximum atomic E-state index is 12.7. The monoisotopic (exact) mass is 317 g/mol. The molecule has 0 aliphatic carbocycles. The SMILES string of the molecule is CCOC(=O)c1c(-c2ccccc2)cc(C)nc1-c1ccccc1. The van der Waals surface area contributed by atoms with Crippen LogP contribution in [0.1, 0.15) is 23.0 Å². The van der Waals surface area contributed by atoms with Gasteiger partial charge in [0, 0.05) is 16.8 Å². The lowest BCUT2D eigenvalue weighted by atomic mass is 9.95. The van der Waals surface area contributed by atoms with Gasteiger partial charge in [-0.1, -0.05) is 60.7 Å². The van der Waals surface area contributed by atoms with Gasteiger partial charge in [0.1, 0.15) is 0 Å². The average molecular weight is 317 g/mol. The first-order valence-electron chi connectivity index (χ1n) is 8.00. The molecule has 2 aromatic carbocycles. The highest BCUT2D eigenvalue weighted by atomic mass is 16.5. The predicted molar refractivity (Wildman–Crippen MR) is 95.8 cm³/mol. The molecule has 0 saturated carbocycles. The Morgan fingerprint density at radius 2 is 1.54 bits per heavy atom. The molecule has 3 heteroatoms. The molecular formula is C21H19NO2. The maximum Gasteiger partial charge on any atom is 0.340 e. The van der Waals surface area contributed by atoms with Gasteiger partial charge in [-0.3, -0.25) is 4.98 Å². The minimum atomic E-state index is -0.345. The van der Waals surface area contributed by atoms with E-state index in [0.29, 0.717) is 17.9 Å². The molecule has 24 heavy (non-hydrogen) atoms. The molecule has 0 amide bonds. The maximum absolute atomic E-state index is 12.7. The van der Waals surface area contributed by atoms with Crippen LogP contribution < -0.4 is 0 Å². The average Bonchev–Trinajstić information content (AvgIpc) is 2.62. The van der Waals surface area contributed by atoms with Crippen LogP contribution in [-0.2, 0) is 4.74 Å². The number of aryl methyl sites for hydroxylation is 1. The molecule has 1 heterocycles. The molecule has 0 atom stereocenters. The number of carbonyl (C=O) groups excluding carboxylic acids is 1. The summed E-state index contributed by atoms with van der Waals surface area (Å²) in [6.07, 6.45) is 0. The van der Waals surface area contributed by atoms with Crippen molar-refractivity contribution in [2.75, 3.05) is 6.61 Å². The van der Waals surface area contributed by atoms with E-state index >= 15 is 0 Å². The summed E-state index contributed by atoms with van der Waals surface area (Å²) in [5, 5.41) is 0. The molecule has 0 N–H and O–H groups in total. The fourth-order valence-electron chi connectivity index (χ4n) is 2.73. The molecule has 0 aliphatic rings. The number of benzene rings is 2. The summed E-state index contributed by atoms with van der Waals surface area (Å²) >= 11 is 0. The number of carbonyl (C=O) groups is 1. The fourth-order valence-corrected chi connectivity index (χ4v) is 2.73. The van der Waals surface area contributed by atoms with Crippen molar-refractivity contribution in [2.24, 2.45) is 0 Å². The molecule has 0 aliphatic heterocycles. The van der Waals surface area contributed by atoms with Crippen LogP contribution in [0.25, 0.3) is 22.4 Å². The standard InChI is InChI=1S/C21H19NO2/c1-3-24-21(23)19-18(16-10-6-4-7-11-16)14-15(2)22-20(19)17-12-8-5-9-13-17/h4-14H,3H2,1-2H3. The molecule has 3 nitrogen and oxygen atoms in total. The second-order valence-corrected chi connectivity index (χ2v) is 5.49. The minimum absolute atomic E-state index is 0.329. The number of nitrogens with zero attached hydrogens (tertiary/aromatic N) is 1. The van der Waals surface area contributed by atoms with Gasteiger partial charge in [0.15, 0.2) is 0 Å². The summed E-state index contributed by atoms with van der Waals surface area (Å²) in [6.45, 7) is 4.08. The number of esters is 1. The third kappa shape index (κ3) is 3.20. The van der Waals surface area contributed by atoms with Crippen molar-refractivity contribution in [3.05, 3.63) is 78.0 Å². The first-order chi connectivity index (χ1) is 11.7. The Labute approximate surface area is 142 Å². The topological polar surface area (TPSA) is 39.2 Å². The number of rotatable bonds is 4. The molecule has 120 valence electrons. The van der Waals surface area contributed by atoms with E-state index < -0.39 is 0 Å². The van der Waals surface area contributed by atoms with E-state index in [4.69, 9.17) is 4.74 Å². The summed E-state index contributed by atoms with van der Waals surface area (Å²) in [4.78, 5) is 17.3. The number of pyridine rings is 1.